The number of hydrogen-bond donors (Lipinski definition) is 3. The number of ether oxygens (including phenoxy) is 1. The summed E-state index contributed by atoms with van der Waals surface area (Å²) in [6, 6.07) is 14.4. The Bertz CT molecular complexity index is 1700. The molecule has 1 unspecified atom stereocenters. The van der Waals surface area contributed by atoms with Crippen LogP contribution in [0.3, 0.4) is 0 Å². The quantitative estimate of drug-likeness (QED) is 0.165. The Balaban J connectivity index is 1.42. The van der Waals surface area contributed by atoms with Gasteiger partial charge in [0.15, 0.2) is 5.69 Å². The lowest BCUT2D eigenvalue weighted by molar-refractivity contribution is -0.141. The molecular formula is C33H34F4N6O3. The predicted molar refractivity (Wildman–Crippen MR) is 163 cm³/mol. The zero-order valence-corrected chi connectivity index (χ0v) is 25.5. The van der Waals surface area contributed by atoms with Crippen molar-refractivity contribution < 1.29 is 31.9 Å². The van der Waals surface area contributed by atoms with E-state index >= 15 is 4.39 Å². The second kappa shape index (κ2) is 13.3. The van der Waals surface area contributed by atoms with Gasteiger partial charge < -0.3 is 20.7 Å². The number of carbonyl (C=O) groups excluding carboxylic acids is 2. The Morgan fingerprint density at radius 1 is 1.00 bits per heavy atom. The fourth-order valence-corrected chi connectivity index (χ4v) is 4.76. The first-order valence-electron chi connectivity index (χ1n) is 14.7. The average Bonchev–Trinajstić information content (AvgIpc) is 3.70. The molecule has 0 saturated heterocycles. The molecule has 5 rings (SSSR count). The molecule has 46 heavy (non-hydrogen) atoms. The number of rotatable bonds is 10. The van der Waals surface area contributed by atoms with Crippen molar-refractivity contribution in [3.8, 4) is 5.69 Å². The number of pyridine rings is 1. The number of anilines is 1. The highest BCUT2D eigenvalue weighted by Gasteiger charge is 2.36. The molecule has 1 fully saturated rings. The van der Waals surface area contributed by atoms with E-state index in [1.807, 2.05) is 12.1 Å². The summed E-state index contributed by atoms with van der Waals surface area (Å²) in [4.78, 5) is 29.7. The lowest BCUT2D eigenvalue weighted by atomic mass is 9.98. The smallest absolute Gasteiger partial charge is 0.435 e. The standard InChI is InChI=1S/C33H34F4N6O3/c1-32(2,3)46-31(45)40-19-21-5-4-6-24(15-21)43-27(17-28(42-43)33(35,36)37)30(44)41-26-16-23(9-10-25(26)34)29(39-18-20-7-8-20)22-11-13-38-14-12-22/h4-6,9-17,20,29,39H,7-8,18-19H2,1-3H3,(H,40,45)(H,41,44). The summed E-state index contributed by atoms with van der Waals surface area (Å²) in [5.74, 6) is -1.20. The number of nitrogens with one attached hydrogen (secondary N) is 3. The molecule has 0 spiro atoms. The predicted octanol–water partition coefficient (Wildman–Crippen LogP) is 6.79. The number of carbonyl (C=O) groups is 2. The maximum Gasteiger partial charge on any atom is 0.435 e. The number of nitrogens with zero attached hydrogens (tertiary/aromatic N) is 3. The lowest BCUT2D eigenvalue weighted by Crippen LogP contribution is -2.32. The summed E-state index contributed by atoms with van der Waals surface area (Å²) in [5, 5.41) is 12.2. The van der Waals surface area contributed by atoms with Crippen LogP contribution in [0.15, 0.2) is 73.1 Å². The van der Waals surface area contributed by atoms with Gasteiger partial charge in [-0.15, -0.1) is 0 Å². The second-order valence-corrected chi connectivity index (χ2v) is 12.1. The molecule has 0 radical (unpaired) electrons. The van der Waals surface area contributed by atoms with Crippen molar-refractivity contribution >= 4 is 17.7 Å². The molecular weight excluding hydrogens is 604 g/mol. The molecule has 3 N–H and O–H groups in total. The fourth-order valence-electron chi connectivity index (χ4n) is 4.76. The van der Waals surface area contributed by atoms with E-state index in [9.17, 15) is 22.8 Å². The summed E-state index contributed by atoms with van der Waals surface area (Å²) in [6.45, 7) is 5.89. The molecule has 2 heterocycles. The van der Waals surface area contributed by atoms with E-state index < -0.39 is 41.0 Å². The molecule has 2 aromatic heterocycles. The molecule has 242 valence electrons. The van der Waals surface area contributed by atoms with Crippen LogP contribution in [-0.2, 0) is 17.5 Å². The molecule has 1 aliphatic carbocycles. The summed E-state index contributed by atoms with van der Waals surface area (Å²) < 4.78 is 62.4. The number of aromatic nitrogens is 3. The SMILES string of the molecule is CC(C)(C)OC(=O)NCc1cccc(-n2nc(C(F)(F)F)cc2C(=O)Nc2cc(C(NCC3CC3)c3ccncc3)ccc2F)c1. The highest BCUT2D eigenvalue weighted by Crippen LogP contribution is 2.32. The van der Waals surface area contributed by atoms with Gasteiger partial charge in [-0.1, -0.05) is 18.2 Å². The third-order valence-electron chi connectivity index (χ3n) is 7.14. The van der Waals surface area contributed by atoms with Gasteiger partial charge in [0, 0.05) is 25.0 Å². The van der Waals surface area contributed by atoms with E-state index in [1.54, 1.807) is 51.4 Å². The van der Waals surface area contributed by atoms with Crippen LogP contribution in [-0.4, -0.2) is 38.9 Å². The molecule has 1 aliphatic rings. The van der Waals surface area contributed by atoms with Gasteiger partial charge in [-0.2, -0.15) is 18.3 Å². The van der Waals surface area contributed by atoms with E-state index in [2.05, 4.69) is 26.0 Å². The van der Waals surface area contributed by atoms with E-state index in [0.717, 1.165) is 29.6 Å². The minimum absolute atomic E-state index is 0.00308. The average molecular weight is 639 g/mol. The van der Waals surface area contributed by atoms with E-state index in [-0.39, 0.29) is 24.0 Å². The third-order valence-corrected chi connectivity index (χ3v) is 7.14. The maximum absolute atomic E-state index is 15.1. The number of amides is 2. The van der Waals surface area contributed by atoms with Gasteiger partial charge in [0.2, 0.25) is 0 Å². The topological polar surface area (TPSA) is 110 Å². The zero-order valence-electron chi connectivity index (χ0n) is 25.5. The molecule has 2 aromatic carbocycles. The Labute approximate surface area is 263 Å². The van der Waals surface area contributed by atoms with Crippen molar-refractivity contribution in [2.75, 3.05) is 11.9 Å². The summed E-state index contributed by atoms with van der Waals surface area (Å²) in [6.07, 6.45) is 0.0149. The second-order valence-electron chi connectivity index (χ2n) is 12.1. The van der Waals surface area contributed by atoms with Gasteiger partial charge in [0.25, 0.3) is 5.91 Å². The molecule has 9 nitrogen and oxygen atoms in total. The Hall–Kier alpha value is -4.78. The van der Waals surface area contributed by atoms with Crippen molar-refractivity contribution in [3.05, 3.63) is 107 Å². The van der Waals surface area contributed by atoms with Crippen molar-refractivity contribution in [2.45, 2.75) is 58.0 Å². The highest BCUT2D eigenvalue weighted by molar-refractivity contribution is 6.03. The van der Waals surface area contributed by atoms with Crippen molar-refractivity contribution in [2.24, 2.45) is 5.92 Å². The van der Waals surface area contributed by atoms with Crippen LogP contribution in [0.2, 0.25) is 0 Å². The van der Waals surface area contributed by atoms with Crippen LogP contribution in [0.1, 0.15) is 72.5 Å². The van der Waals surface area contributed by atoms with Gasteiger partial charge in [-0.25, -0.2) is 13.9 Å². The number of hydrogen-bond acceptors (Lipinski definition) is 6. The van der Waals surface area contributed by atoms with Gasteiger partial charge in [-0.3, -0.25) is 9.78 Å². The lowest BCUT2D eigenvalue weighted by Gasteiger charge is -2.21. The van der Waals surface area contributed by atoms with Crippen LogP contribution in [0, 0.1) is 11.7 Å². The van der Waals surface area contributed by atoms with Gasteiger partial charge in [0.05, 0.1) is 17.4 Å². The Morgan fingerprint density at radius 2 is 1.74 bits per heavy atom. The van der Waals surface area contributed by atoms with E-state index in [0.29, 0.717) is 23.1 Å². The number of alkyl halides is 3. The monoisotopic (exact) mass is 638 g/mol. The van der Waals surface area contributed by atoms with Gasteiger partial charge in [-0.05, 0) is 99.2 Å². The summed E-state index contributed by atoms with van der Waals surface area (Å²) >= 11 is 0. The maximum atomic E-state index is 15.1. The van der Waals surface area contributed by atoms with Crippen molar-refractivity contribution in [1.29, 1.82) is 0 Å². The van der Waals surface area contributed by atoms with Crippen LogP contribution < -0.4 is 16.0 Å². The molecule has 2 amide bonds. The van der Waals surface area contributed by atoms with Crippen LogP contribution >= 0.6 is 0 Å². The molecule has 0 aliphatic heterocycles. The van der Waals surface area contributed by atoms with Crippen LogP contribution in [0.25, 0.3) is 5.69 Å². The first-order chi connectivity index (χ1) is 21.8. The van der Waals surface area contributed by atoms with E-state index in [4.69, 9.17) is 4.74 Å². The normalized spacial score (nSPS) is 14.1. The first-order valence-corrected chi connectivity index (χ1v) is 14.7. The summed E-state index contributed by atoms with van der Waals surface area (Å²) in [5.41, 5.74) is -0.515. The minimum atomic E-state index is -4.85. The molecule has 1 atom stereocenters. The van der Waals surface area contributed by atoms with Crippen LogP contribution in [0.4, 0.5) is 28.0 Å². The number of benzene rings is 2. The Morgan fingerprint density at radius 3 is 2.41 bits per heavy atom. The van der Waals surface area contributed by atoms with Crippen molar-refractivity contribution in [1.82, 2.24) is 25.4 Å². The zero-order chi connectivity index (χ0) is 33.1. The van der Waals surface area contributed by atoms with Gasteiger partial charge >= 0.3 is 12.3 Å². The highest BCUT2D eigenvalue weighted by atomic mass is 19.4. The minimum Gasteiger partial charge on any atom is -0.444 e. The number of halogens is 4. The molecule has 4 aromatic rings. The largest absolute Gasteiger partial charge is 0.444 e. The van der Waals surface area contributed by atoms with Crippen molar-refractivity contribution in [3.63, 3.8) is 0 Å². The molecule has 13 heteroatoms. The number of alkyl carbamates (subject to hydrolysis) is 1. The fraction of sp³-hybridized carbons (Fsp3) is 0.333. The molecule has 0 bridgehead atoms. The summed E-state index contributed by atoms with van der Waals surface area (Å²) in [7, 11) is 0. The molecule has 1 saturated carbocycles. The van der Waals surface area contributed by atoms with E-state index in [1.165, 1.54) is 24.3 Å². The van der Waals surface area contributed by atoms with Crippen LogP contribution in [0.5, 0.6) is 0 Å². The third kappa shape index (κ3) is 8.47. The van der Waals surface area contributed by atoms with Gasteiger partial charge in [0.1, 0.15) is 17.1 Å². The first kappa shape index (κ1) is 32.6. The Kier molecular flexibility index (Phi) is 9.42.